The summed E-state index contributed by atoms with van der Waals surface area (Å²) < 4.78 is 21.7. The van der Waals surface area contributed by atoms with E-state index in [1.54, 1.807) is 36.4 Å². The lowest BCUT2D eigenvalue weighted by molar-refractivity contribution is 0.0449. The minimum absolute atomic E-state index is 0.0829. The van der Waals surface area contributed by atoms with Crippen LogP contribution in [-0.2, 0) is 4.74 Å². The first-order valence-electron chi connectivity index (χ1n) is 7.30. The molecule has 0 saturated heterocycles. The summed E-state index contributed by atoms with van der Waals surface area (Å²) in [6.45, 7) is 0.280. The molecule has 0 saturated carbocycles. The fourth-order valence-corrected chi connectivity index (χ4v) is 2.54. The monoisotopic (exact) mass is 405 g/mol. The quantitative estimate of drug-likeness (QED) is 0.517. The molecule has 130 valence electrons. The van der Waals surface area contributed by atoms with E-state index >= 15 is 0 Å². The van der Waals surface area contributed by atoms with E-state index < -0.39 is 5.97 Å². The van der Waals surface area contributed by atoms with Gasteiger partial charge >= 0.3 is 5.97 Å². The molecular weight excluding hydrogens is 390 g/mol. The highest BCUT2D eigenvalue weighted by Gasteiger charge is 2.15. The molecule has 0 N–H and O–H groups in total. The zero-order valence-electron chi connectivity index (χ0n) is 13.7. The van der Waals surface area contributed by atoms with E-state index in [1.807, 2.05) is 6.07 Å². The van der Waals surface area contributed by atoms with Crippen LogP contribution in [-0.4, -0.2) is 33.4 Å². The number of rotatable bonds is 7. The van der Waals surface area contributed by atoms with Crippen LogP contribution >= 0.6 is 15.9 Å². The molecule has 6 nitrogen and oxygen atoms in total. The molecule has 7 heteroatoms. The molecule has 0 atom stereocenters. The summed E-state index contributed by atoms with van der Waals surface area (Å²) in [5.41, 5.74) is 0.868. The van der Waals surface area contributed by atoms with Crippen LogP contribution in [0.1, 0.15) is 15.9 Å². The van der Waals surface area contributed by atoms with E-state index in [4.69, 9.17) is 24.2 Å². The molecule has 0 aliphatic carbocycles. The van der Waals surface area contributed by atoms with Crippen LogP contribution in [0.15, 0.2) is 40.9 Å². The second-order valence-electron chi connectivity index (χ2n) is 4.82. The van der Waals surface area contributed by atoms with E-state index in [2.05, 4.69) is 15.9 Å². The number of nitrogens with zero attached hydrogens (tertiary/aromatic N) is 1. The van der Waals surface area contributed by atoms with Gasteiger partial charge in [0.2, 0.25) is 0 Å². The first-order chi connectivity index (χ1) is 12.1. The van der Waals surface area contributed by atoms with Crippen molar-refractivity contribution in [3.63, 3.8) is 0 Å². The van der Waals surface area contributed by atoms with E-state index in [1.165, 1.54) is 14.2 Å². The number of hydrogen-bond acceptors (Lipinski definition) is 6. The van der Waals surface area contributed by atoms with Gasteiger partial charge in [0.1, 0.15) is 34.9 Å². The molecule has 0 aliphatic rings. The normalized spacial score (nSPS) is 9.84. The Morgan fingerprint density at radius 2 is 1.68 bits per heavy atom. The number of ether oxygens (including phenoxy) is 4. The van der Waals surface area contributed by atoms with Crippen molar-refractivity contribution in [3.05, 3.63) is 52.0 Å². The van der Waals surface area contributed by atoms with Crippen molar-refractivity contribution in [1.29, 1.82) is 5.26 Å². The van der Waals surface area contributed by atoms with Crippen molar-refractivity contribution >= 4 is 21.9 Å². The second kappa shape index (κ2) is 8.94. The zero-order valence-corrected chi connectivity index (χ0v) is 15.3. The third kappa shape index (κ3) is 4.88. The maximum atomic E-state index is 12.1. The molecule has 0 amide bonds. The Morgan fingerprint density at radius 3 is 2.20 bits per heavy atom. The topological polar surface area (TPSA) is 77.8 Å². The van der Waals surface area contributed by atoms with Crippen LogP contribution in [0.5, 0.6) is 17.2 Å². The molecule has 0 aromatic heterocycles. The van der Waals surface area contributed by atoms with Gasteiger partial charge in [-0.1, -0.05) is 0 Å². The summed E-state index contributed by atoms with van der Waals surface area (Å²) in [4.78, 5) is 12.1. The molecule has 25 heavy (non-hydrogen) atoms. The third-order valence-electron chi connectivity index (χ3n) is 3.25. The molecule has 0 bridgehead atoms. The van der Waals surface area contributed by atoms with Gasteiger partial charge in [0.15, 0.2) is 0 Å². The van der Waals surface area contributed by atoms with E-state index in [9.17, 15) is 4.79 Å². The predicted molar refractivity (Wildman–Crippen MR) is 94.2 cm³/mol. The number of esters is 1. The molecule has 2 rings (SSSR count). The van der Waals surface area contributed by atoms with Gasteiger partial charge in [0, 0.05) is 0 Å². The van der Waals surface area contributed by atoms with Gasteiger partial charge in [-0.3, -0.25) is 0 Å². The molecule has 0 spiro atoms. The molecule has 0 aliphatic heterocycles. The Morgan fingerprint density at radius 1 is 1.08 bits per heavy atom. The summed E-state index contributed by atoms with van der Waals surface area (Å²) in [6, 6.07) is 11.8. The van der Waals surface area contributed by atoms with Crippen LogP contribution < -0.4 is 14.2 Å². The molecule has 0 heterocycles. The minimum atomic E-state index is -0.507. The van der Waals surface area contributed by atoms with Crippen molar-refractivity contribution in [2.45, 2.75) is 0 Å². The van der Waals surface area contributed by atoms with Crippen LogP contribution in [0.2, 0.25) is 0 Å². The highest BCUT2D eigenvalue weighted by Crippen LogP contribution is 2.35. The summed E-state index contributed by atoms with van der Waals surface area (Å²) in [6.07, 6.45) is 0. The Bertz CT molecular complexity index is 758. The lowest BCUT2D eigenvalue weighted by Gasteiger charge is -2.11. The van der Waals surface area contributed by atoms with Gasteiger partial charge in [-0.05, 0) is 52.3 Å². The van der Waals surface area contributed by atoms with Gasteiger partial charge in [-0.25, -0.2) is 4.79 Å². The highest BCUT2D eigenvalue weighted by atomic mass is 79.9. The summed E-state index contributed by atoms with van der Waals surface area (Å²) in [5, 5.41) is 8.73. The predicted octanol–water partition coefficient (Wildman–Crippen LogP) is 3.57. The molecular formula is C18H16BrNO5. The standard InChI is InChI=1S/C18H16BrNO5/c1-22-15-9-13(10-16(23-2)17(15)19)18(21)25-8-7-24-14-5-3-12(11-20)4-6-14/h3-6,9-10H,7-8H2,1-2H3. The summed E-state index contributed by atoms with van der Waals surface area (Å²) >= 11 is 3.34. The lowest BCUT2D eigenvalue weighted by atomic mass is 10.2. The Hall–Kier alpha value is -2.72. The second-order valence-corrected chi connectivity index (χ2v) is 5.61. The Balaban J connectivity index is 1.90. The van der Waals surface area contributed by atoms with Gasteiger partial charge < -0.3 is 18.9 Å². The van der Waals surface area contributed by atoms with Gasteiger partial charge in [-0.15, -0.1) is 0 Å². The molecule has 0 unspecified atom stereocenters. The average Bonchev–Trinajstić information content (AvgIpc) is 2.65. The Kier molecular flexibility index (Phi) is 6.66. The van der Waals surface area contributed by atoms with Gasteiger partial charge in [0.25, 0.3) is 0 Å². The van der Waals surface area contributed by atoms with Crippen LogP contribution in [0.3, 0.4) is 0 Å². The fraction of sp³-hybridized carbons (Fsp3) is 0.222. The van der Waals surface area contributed by atoms with E-state index in [0.717, 1.165) is 0 Å². The van der Waals surface area contributed by atoms with Crippen molar-refractivity contribution in [2.24, 2.45) is 0 Å². The maximum Gasteiger partial charge on any atom is 0.338 e. The molecule has 0 radical (unpaired) electrons. The number of carbonyl (C=O) groups excluding carboxylic acids is 1. The minimum Gasteiger partial charge on any atom is -0.495 e. The molecule has 2 aromatic carbocycles. The largest absolute Gasteiger partial charge is 0.495 e. The van der Waals surface area contributed by atoms with Crippen molar-refractivity contribution < 1.29 is 23.7 Å². The average molecular weight is 406 g/mol. The number of hydrogen-bond donors (Lipinski definition) is 0. The summed E-state index contributed by atoms with van der Waals surface area (Å²) in [7, 11) is 3.00. The van der Waals surface area contributed by atoms with Crippen LogP contribution in [0.25, 0.3) is 0 Å². The number of benzene rings is 2. The first kappa shape index (κ1) is 18.6. The summed E-state index contributed by atoms with van der Waals surface area (Å²) in [5.74, 6) is 1.04. The third-order valence-corrected chi connectivity index (χ3v) is 4.03. The smallest absolute Gasteiger partial charge is 0.338 e. The first-order valence-corrected chi connectivity index (χ1v) is 8.10. The Labute approximate surface area is 154 Å². The number of carbonyl (C=O) groups is 1. The van der Waals surface area contributed by atoms with Gasteiger partial charge in [0.05, 0.1) is 31.4 Å². The van der Waals surface area contributed by atoms with Crippen molar-refractivity contribution in [2.75, 3.05) is 27.4 Å². The van der Waals surface area contributed by atoms with Crippen LogP contribution in [0.4, 0.5) is 0 Å². The lowest BCUT2D eigenvalue weighted by Crippen LogP contribution is -2.12. The van der Waals surface area contributed by atoms with E-state index in [-0.39, 0.29) is 13.2 Å². The maximum absolute atomic E-state index is 12.1. The van der Waals surface area contributed by atoms with Crippen molar-refractivity contribution in [3.8, 4) is 23.3 Å². The van der Waals surface area contributed by atoms with Gasteiger partial charge in [-0.2, -0.15) is 5.26 Å². The van der Waals surface area contributed by atoms with Crippen molar-refractivity contribution in [1.82, 2.24) is 0 Å². The number of methoxy groups -OCH3 is 2. The zero-order chi connectivity index (χ0) is 18.2. The molecule has 0 fully saturated rings. The highest BCUT2D eigenvalue weighted by molar-refractivity contribution is 9.10. The number of halogens is 1. The molecule has 2 aromatic rings. The van der Waals surface area contributed by atoms with E-state index in [0.29, 0.717) is 32.8 Å². The van der Waals surface area contributed by atoms with Crippen LogP contribution in [0, 0.1) is 11.3 Å². The SMILES string of the molecule is COc1cc(C(=O)OCCOc2ccc(C#N)cc2)cc(OC)c1Br. The fourth-order valence-electron chi connectivity index (χ4n) is 1.99. The number of nitriles is 1.